The average Bonchev–Trinajstić information content (AvgIpc) is 3.43. The van der Waals surface area contributed by atoms with Crippen molar-refractivity contribution in [3.05, 3.63) is 47.3 Å². The Morgan fingerprint density at radius 1 is 1.07 bits per heavy atom. The Hall–Kier alpha value is -3.00. The minimum absolute atomic E-state index is 0.0439. The molecule has 8 nitrogen and oxygen atoms in total. The quantitative estimate of drug-likeness (QED) is 0.694. The number of carbonyl (C=O) groups is 2. The Balaban J connectivity index is 1.74. The number of carbonyl (C=O) groups excluding carboxylic acids is 2. The van der Waals surface area contributed by atoms with E-state index in [1.165, 1.54) is 14.2 Å². The van der Waals surface area contributed by atoms with E-state index in [9.17, 15) is 9.59 Å². The van der Waals surface area contributed by atoms with Gasteiger partial charge in [-0.1, -0.05) is 6.07 Å². The summed E-state index contributed by atoms with van der Waals surface area (Å²) in [5.41, 5.74) is 1.39. The summed E-state index contributed by atoms with van der Waals surface area (Å²) >= 11 is 0. The molecule has 1 unspecified atom stereocenters. The molecule has 1 aromatic rings. The minimum Gasteiger partial charge on any atom is -0.466 e. The van der Waals surface area contributed by atoms with Crippen molar-refractivity contribution in [2.24, 2.45) is 0 Å². The third-order valence-electron chi connectivity index (χ3n) is 5.24. The molecule has 1 aromatic carbocycles. The van der Waals surface area contributed by atoms with Crippen LogP contribution in [0.25, 0.3) is 0 Å². The normalized spacial score (nSPS) is 20.9. The predicted molar refractivity (Wildman–Crippen MR) is 101 cm³/mol. The van der Waals surface area contributed by atoms with Crippen molar-refractivity contribution in [1.29, 1.82) is 0 Å². The summed E-state index contributed by atoms with van der Waals surface area (Å²) in [7, 11) is 2.64. The number of esters is 2. The second kappa shape index (κ2) is 8.16. The molecule has 3 aliphatic rings. The molecule has 154 valence electrons. The zero-order valence-electron chi connectivity index (χ0n) is 16.4. The topological polar surface area (TPSA) is 83.5 Å². The third-order valence-corrected chi connectivity index (χ3v) is 5.24. The number of hydrogen-bond acceptors (Lipinski definition) is 8. The molecule has 1 atom stereocenters. The molecule has 29 heavy (non-hydrogen) atoms. The zero-order valence-corrected chi connectivity index (χ0v) is 16.4. The lowest BCUT2D eigenvalue weighted by atomic mass is 9.83. The largest absolute Gasteiger partial charge is 0.466 e. The number of hydrogen-bond donors (Lipinski definition) is 0. The molecular formula is C21H23NO7. The van der Waals surface area contributed by atoms with Gasteiger partial charge in [0.15, 0.2) is 11.5 Å². The van der Waals surface area contributed by atoms with Crippen LogP contribution in [0.1, 0.15) is 24.3 Å². The SMILES string of the molecule is COC(=O)C1=CN(CC2CCCO2)C=C(C(=O)OC)C1c1ccc2c(c1)OCO2. The number of fused-ring (bicyclic) bond motifs is 1. The molecule has 8 heteroatoms. The summed E-state index contributed by atoms with van der Waals surface area (Å²) in [5.74, 6) is -0.487. The molecule has 4 rings (SSSR count). The van der Waals surface area contributed by atoms with Crippen LogP contribution in [-0.4, -0.2) is 57.1 Å². The van der Waals surface area contributed by atoms with Crippen LogP contribution in [0.3, 0.4) is 0 Å². The Morgan fingerprint density at radius 3 is 2.38 bits per heavy atom. The van der Waals surface area contributed by atoms with Crippen molar-refractivity contribution in [3.8, 4) is 11.5 Å². The highest BCUT2D eigenvalue weighted by molar-refractivity contribution is 5.98. The molecule has 3 aliphatic heterocycles. The maximum Gasteiger partial charge on any atom is 0.336 e. The zero-order chi connectivity index (χ0) is 20.4. The number of rotatable bonds is 5. The molecule has 0 aromatic heterocycles. The molecule has 0 saturated carbocycles. The molecule has 0 spiro atoms. The van der Waals surface area contributed by atoms with E-state index >= 15 is 0 Å². The van der Waals surface area contributed by atoms with E-state index < -0.39 is 17.9 Å². The Morgan fingerprint density at radius 2 is 1.76 bits per heavy atom. The second-order valence-electron chi connectivity index (χ2n) is 7.03. The monoisotopic (exact) mass is 401 g/mol. The molecule has 1 fully saturated rings. The predicted octanol–water partition coefficient (Wildman–Crippen LogP) is 2.11. The summed E-state index contributed by atoms with van der Waals surface area (Å²) in [5, 5.41) is 0. The fourth-order valence-corrected chi connectivity index (χ4v) is 3.87. The Labute approximate surface area is 168 Å². The van der Waals surface area contributed by atoms with Gasteiger partial charge in [-0.25, -0.2) is 9.59 Å². The first-order valence-electron chi connectivity index (χ1n) is 9.47. The van der Waals surface area contributed by atoms with Crippen molar-refractivity contribution >= 4 is 11.9 Å². The molecule has 0 bridgehead atoms. The van der Waals surface area contributed by atoms with Crippen LogP contribution in [0.15, 0.2) is 41.7 Å². The maximum absolute atomic E-state index is 12.6. The van der Waals surface area contributed by atoms with Crippen LogP contribution >= 0.6 is 0 Å². The number of ether oxygens (including phenoxy) is 5. The van der Waals surface area contributed by atoms with Gasteiger partial charge < -0.3 is 28.6 Å². The van der Waals surface area contributed by atoms with Gasteiger partial charge in [-0.05, 0) is 30.5 Å². The first kappa shape index (κ1) is 19.3. The molecule has 0 amide bonds. The summed E-state index contributed by atoms with van der Waals surface area (Å²) in [4.78, 5) is 27.1. The molecule has 0 radical (unpaired) electrons. The van der Waals surface area contributed by atoms with Gasteiger partial charge in [-0.3, -0.25) is 0 Å². The maximum atomic E-state index is 12.6. The smallest absolute Gasteiger partial charge is 0.336 e. The van der Waals surface area contributed by atoms with E-state index in [2.05, 4.69) is 0 Å². The van der Waals surface area contributed by atoms with E-state index in [0.29, 0.717) is 34.8 Å². The first-order chi connectivity index (χ1) is 14.1. The van der Waals surface area contributed by atoms with Gasteiger partial charge in [0, 0.05) is 25.6 Å². The number of methoxy groups -OCH3 is 2. The summed E-state index contributed by atoms with van der Waals surface area (Å²) in [6, 6.07) is 5.35. The van der Waals surface area contributed by atoms with Crippen LogP contribution in [-0.2, 0) is 23.8 Å². The molecule has 3 heterocycles. The molecule has 0 aliphatic carbocycles. The van der Waals surface area contributed by atoms with Crippen molar-refractivity contribution in [2.75, 3.05) is 34.2 Å². The van der Waals surface area contributed by atoms with E-state index in [-0.39, 0.29) is 12.9 Å². The van der Waals surface area contributed by atoms with E-state index in [4.69, 9.17) is 23.7 Å². The van der Waals surface area contributed by atoms with Gasteiger partial charge in [0.25, 0.3) is 0 Å². The van der Waals surface area contributed by atoms with Crippen LogP contribution in [0.2, 0.25) is 0 Å². The fraction of sp³-hybridized carbons (Fsp3) is 0.429. The lowest BCUT2D eigenvalue weighted by Gasteiger charge is -2.31. The first-order valence-corrected chi connectivity index (χ1v) is 9.47. The van der Waals surface area contributed by atoms with Crippen LogP contribution < -0.4 is 9.47 Å². The third kappa shape index (κ3) is 3.80. The van der Waals surface area contributed by atoms with E-state index in [1.807, 2.05) is 6.07 Å². The Kier molecular flexibility index (Phi) is 5.44. The van der Waals surface area contributed by atoms with Gasteiger partial charge >= 0.3 is 11.9 Å². The van der Waals surface area contributed by atoms with E-state index in [1.54, 1.807) is 29.4 Å². The highest BCUT2D eigenvalue weighted by atomic mass is 16.7. The Bertz CT molecular complexity index is 836. The van der Waals surface area contributed by atoms with Gasteiger partial charge in [0.05, 0.1) is 37.4 Å². The highest BCUT2D eigenvalue weighted by Gasteiger charge is 2.36. The second-order valence-corrected chi connectivity index (χ2v) is 7.03. The van der Waals surface area contributed by atoms with Crippen molar-refractivity contribution in [1.82, 2.24) is 4.90 Å². The summed E-state index contributed by atoms with van der Waals surface area (Å²) in [6.07, 6.45) is 5.41. The lowest BCUT2D eigenvalue weighted by molar-refractivity contribution is -0.137. The summed E-state index contributed by atoms with van der Waals surface area (Å²) < 4.78 is 26.6. The van der Waals surface area contributed by atoms with E-state index in [0.717, 1.165) is 19.4 Å². The number of nitrogens with zero attached hydrogens (tertiary/aromatic N) is 1. The number of benzene rings is 1. The summed E-state index contributed by atoms with van der Waals surface area (Å²) in [6.45, 7) is 1.40. The van der Waals surface area contributed by atoms with Gasteiger partial charge in [-0.2, -0.15) is 0 Å². The highest BCUT2D eigenvalue weighted by Crippen LogP contribution is 2.41. The molecular weight excluding hydrogens is 378 g/mol. The lowest BCUT2D eigenvalue weighted by Crippen LogP contribution is -2.32. The van der Waals surface area contributed by atoms with Crippen molar-refractivity contribution in [2.45, 2.75) is 24.9 Å². The molecule has 0 N–H and O–H groups in total. The van der Waals surface area contributed by atoms with Gasteiger partial charge in [0.1, 0.15) is 0 Å². The standard InChI is InChI=1S/C21H23NO7/c1-25-20(23)15-10-22(9-14-4-3-7-27-14)11-16(21(24)26-2)19(15)13-5-6-17-18(8-13)29-12-28-17/h5-6,8,10-11,14,19H,3-4,7,9,12H2,1-2H3. The fourth-order valence-electron chi connectivity index (χ4n) is 3.87. The van der Waals surface area contributed by atoms with Gasteiger partial charge in [0.2, 0.25) is 6.79 Å². The van der Waals surface area contributed by atoms with Crippen LogP contribution in [0, 0.1) is 0 Å². The molecule has 1 saturated heterocycles. The van der Waals surface area contributed by atoms with Crippen LogP contribution in [0.4, 0.5) is 0 Å². The average molecular weight is 401 g/mol. The van der Waals surface area contributed by atoms with Crippen LogP contribution in [0.5, 0.6) is 11.5 Å². The minimum atomic E-state index is -0.648. The van der Waals surface area contributed by atoms with Crippen molar-refractivity contribution < 1.29 is 33.3 Å². The van der Waals surface area contributed by atoms with Crippen molar-refractivity contribution in [3.63, 3.8) is 0 Å². The van der Waals surface area contributed by atoms with Gasteiger partial charge in [-0.15, -0.1) is 0 Å².